The number of esters is 2. The molecule has 0 fully saturated rings. The van der Waals surface area contributed by atoms with Crippen LogP contribution in [0.3, 0.4) is 0 Å². The molecule has 0 spiro atoms. The minimum absolute atomic E-state index is 0.0220. The van der Waals surface area contributed by atoms with Crippen LogP contribution in [0.1, 0.15) is 38.0 Å². The van der Waals surface area contributed by atoms with Gasteiger partial charge in [-0.25, -0.2) is 9.59 Å². The van der Waals surface area contributed by atoms with Crippen molar-refractivity contribution in [3.63, 3.8) is 0 Å². The van der Waals surface area contributed by atoms with E-state index in [1.54, 1.807) is 25.1 Å². The number of methoxy groups -OCH3 is 1. The second-order valence-corrected chi connectivity index (χ2v) is 5.98. The van der Waals surface area contributed by atoms with E-state index in [2.05, 4.69) is 10.3 Å². The van der Waals surface area contributed by atoms with Gasteiger partial charge in [-0.2, -0.15) is 0 Å². The summed E-state index contributed by atoms with van der Waals surface area (Å²) in [7, 11) is 1.28. The predicted octanol–water partition coefficient (Wildman–Crippen LogP) is 2.31. The number of fused-ring (bicyclic) bond motifs is 1. The van der Waals surface area contributed by atoms with Crippen LogP contribution in [0.4, 0.5) is 11.4 Å². The third kappa shape index (κ3) is 4.16. The molecule has 1 aromatic heterocycles. The van der Waals surface area contributed by atoms with E-state index in [1.165, 1.54) is 37.6 Å². The molecule has 3 rings (SSSR count). The molecule has 0 atom stereocenters. The number of carboxylic acids is 1. The van der Waals surface area contributed by atoms with Crippen LogP contribution in [0.25, 0.3) is 10.9 Å². The SMILES string of the molecule is CCOC(=O)c1cnc2ccc(C(=O)OC)cc2c1Nc1ccc(C(=O)[O-])cc1. The Kier molecular flexibility index (Phi) is 5.73. The number of nitrogens with zero attached hydrogens (tertiary/aromatic N) is 1. The smallest absolute Gasteiger partial charge is 0.341 e. The van der Waals surface area contributed by atoms with Crippen LogP contribution in [-0.4, -0.2) is 36.6 Å². The first kappa shape index (κ1) is 19.8. The minimum Gasteiger partial charge on any atom is -0.545 e. The van der Waals surface area contributed by atoms with Crippen LogP contribution >= 0.6 is 0 Å². The zero-order valence-corrected chi connectivity index (χ0v) is 15.7. The van der Waals surface area contributed by atoms with Crippen LogP contribution in [0, 0.1) is 0 Å². The second-order valence-electron chi connectivity index (χ2n) is 5.98. The third-order valence-electron chi connectivity index (χ3n) is 4.17. The Morgan fingerprint density at radius 1 is 1.03 bits per heavy atom. The number of ether oxygens (including phenoxy) is 2. The topological polar surface area (TPSA) is 118 Å². The number of rotatable bonds is 6. The van der Waals surface area contributed by atoms with Gasteiger partial charge in [0.1, 0.15) is 5.56 Å². The zero-order valence-electron chi connectivity index (χ0n) is 15.7. The van der Waals surface area contributed by atoms with Crippen LogP contribution in [0.5, 0.6) is 0 Å². The summed E-state index contributed by atoms with van der Waals surface area (Å²) in [6.07, 6.45) is 1.38. The number of hydrogen-bond acceptors (Lipinski definition) is 8. The Bertz CT molecular complexity index is 1090. The van der Waals surface area contributed by atoms with E-state index in [-0.39, 0.29) is 23.3 Å². The van der Waals surface area contributed by atoms with Crippen molar-refractivity contribution in [2.75, 3.05) is 19.0 Å². The molecule has 1 heterocycles. The van der Waals surface area contributed by atoms with Crippen molar-refractivity contribution in [1.29, 1.82) is 0 Å². The lowest BCUT2D eigenvalue weighted by Crippen LogP contribution is -2.21. The zero-order chi connectivity index (χ0) is 21.0. The molecule has 8 heteroatoms. The summed E-state index contributed by atoms with van der Waals surface area (Å²) in [6.45, 7) is 1.87. The van der Waals surface area contributed by atoms with Gasteiger partial charge in [-0.15, -0.1) is 0 Å². The first-order valence-electron chi connectivity index (χ1n) is 8.71. The van der Waals surface area contributed by atoms with Crippen molar-refractivity contribution in [1.82, 2.24) is 4.98 Å². The normalized spacial score (nSPS) is 10.4. The summed E-state index contributed by atoms with van der Waals surface area (Å²) < 4.78 is 9.87. The molecule has 0 aliphatic carbocycles. The van der Waals surface area contributed by atoms with E-state index in [0.717, 1.165) is 0 Å². The summed E-state index contributed by atoms with van der Waals surface area (Å²) in [6, 6.07) is 10.6. The van der Waals surface area contributed by atoms with E-state index < -0.39 is 17.9 Å². The van der Waals surface area contributed by atoms with Gasteiger partial charge in [-0.05, 0) is 42.8 Å². The summed E-state index contributed by atoms with van der Waals surface area (Å²) in [5.41, 5.74) is 1.92. The van der Waals surface area contributed by atoms with E-state index in [1.807, 2.05) is 0 Å². The molecule has 3 aromatic rings. The number of aromatic carboxylic acids is 1. The summed E-state index contributed by atoms with van der Waals surface area (Å²) in [5.74, 6) is -2.40. The number of aromatic nitrogens is 1. The minimum atomic E-state index is -1.29. The Morgan fingerprint density at radius 2 is 1.72 bits per heavy atom. The lowest BCUT2D eigenvalue weighted by Gasteiger charge is -2.15. The Labute approximate surface area is 166 Å². The molecule has 0 aliphatic heterocycles. The first-order valence-corrected chi connectivity index (χ1v) is 8.71. The number of pyridine rings is 1. The molecule has 148 valence electrons. The summed E-state index contributed by atoms with van der Waals surface area (Å²) >= 11 is 0. The number of hydrogen-bond donors (Lipinski definition) is 1. The monoisotopic (exact) mass is 393 g/mol. The van der Waals surface area contributed by atoms with Gasteiger partial charge >= 0.3 is 11.9 Å². The molecule has 0 saturated heterocycles. The van der Waals surface area contributed by atoms with Crippen molar-refractivity contribution < 1.29 is 29.0 Å². The van der Waals surface area contributed by atoms with Gasteiger partial charge in [0.15, 0.2) is 0 Å². The Morgan fingerprint density at radius 3 is 2.34 bits per heavy atom. The van der Waals surface area contributed by atoms with Crippen LogP contribution in [0.15, 0.2) is 48.7 Å². The summed E-state index contributed by atoms with van der Waals surface area (Å²) in [4.78, 5) is 39.6. The van der Waals surface area contributed by atoms with Crippen molar-refractivity contribution in [3.8, 4) is 0 Å². The maximum atomic E-state index is 12.4. The quantitative estimate of drug-likeness (QED) is 0.634. The molecule has 0 aliphatic rings. The van der Waals surface area contributed by atoms with Gasteiger partial charge in [0.25, 0.3) is 0 Å². The molecular formula is C21H17N2O6-. The largest absolute Gasteiger partial charge is 0.545 e. The van der Waals surface area contributed by atoms with E-state index in [0.29, 0.717) is 22.3 Å². The number of anilines is 2. The molecular weight excluding hydrogens is 376 g/mol. The molecule has 29 heavy (non-hydrogen) atoms. The molecule has 1 N–H and O–H groups in total. The van der Waals surface area contributed by atoms with Crippen LogP contribution in [-0.2, 0) is 9.47 Å². The van der Waals surface area contributed by atoms with E-state index >= 15 is 0 Å². The van der Waals surface area contributed by atoms with Crippen molar-refractivity contribution in [3.05, 3.63) is 65.4 Å². The maximum Gasteiger partial charge on any atom is 0.341 e. The Balaban J connectivity index is 2.15. The highest BCUT2D eigenvalue weighted by Crippen LogP contribution is 2.31. The molecule has 8 nitrogen and oxygen atoms in total. The second kappa shape index (κ2) is 8.39. The third-order valence-corrected chi connectivity index (χ3v) is 4.17. The average molecular weight is 393 g/mol. The van der Waals surface area contributed by atoms with Gasteiger partial charge in [-0.1, -0.05) is 12.1 Å². The summed E-state index contributed by atoms with van der Waals surface area (Å²) in [5, 5.41) is 14.5. The predicted molar refractivity (Wildman–Crippen MR) is 103 cm³/mol. The molecule has 0 saturated carbocycles. The van der Waals surface area contributed by atoms with Crippen LogP contribution < -0.4 is 10.4 Å². The maximum absolute atomic E-state index is 12.4. The van der Waals surface area contributed by atoms with E-state index in [9.17, 15) is 19.5 Å². The molecule has 0 amide bonds. The number of carbonyl (C=O) groups is 3. The highest BCUT2D eigenvalue weighted by molar-refractivity contribution is 6.07. The Hall–Kier alpha value is -3.94. The highest BCUT2D eigenvalue weighted by Gasteiger charge is 2.18. The lowest BCUT2D eigenvalue weighted by atomic mass is 10.1. The van der Waals surface area contributed by atoms with Gasteiger partial charge in [0.05, 0.1) is 36.5 Å². The van der Waals surface area contributed by atoms with Gasteiger partial charge < -0.3 is 24.7 Å². The van der Waals surface area contributed by atoms with Crippen molar-refractivity contribution >= 4 is 40.2 Å². The van der Waals surface area contributed by atoms with Gasteiger partial charge in [0.2, 0.25) is 0 Å². The van der Waals surface area contributed by atoms with Gasteiger partial charge in [0, 0.05) is 17.3 Å². The number of nitrogens with one attached hydrogen (secondary N) is 1. The number of carbonyl (C=O) groups excluding carboxylic acids is 3. The first-order chi connectivity index (χ1) is 13.9. The highest BCUT2D eigenvalue weighted by atomic mass is 16.5. The fourth-order valence-corrected chi connectivity index (χ4v) is 2.77. The average Bonchev–Trinajstić information content (AvgIpc) is 2.73. The standard InChI is InChI=1S/C21H18N2O6/c1-3-29-21(27)16-11-22-17-9-6-13(20(26)28-2)10-15(17)18(16)23-14-7-4-12(5-8-14)19(24)25/h4-11H,3H2,1-2H3,(H,22,23)(H,24,25)/p-1. The lowest BCUT2D eigenvalue weighted by molar-refractivity contribution is -0.255. The molecule has 2 aromatic carbocycles. The fraction of sp³-hybridized carbons (Fsp3) is 0.143. The van der Waals surface area contributed by atoms with E-state index in [4.69, 9.17) is 9.47 Å². The molecule has 0 unspecified atom stereocenters. The number of carboxylic acid groups (broad SMARTS) is 1. The van der Waals surface area contributed by atoms with Gasteiger partial charge in [-0.3, -0.25) is 4.98 Å². The van der Waals surface area contributed by atoms with Crippen molar-refractivity contribution in [2.45, 2.75) is 6.92 Å². The fourth-order valence-electron chi connectivity index (χ4n) is 2.77. The van der Waals surface area contributed by atoms with Crippen molar-refractivity contribution in [2.24, 2.45) is 0 Å². The number of benzene rings is 2. The molecule has 0 radical (unpaired) electrons. The van der Waals surface area contributed by atoms with Crippen LogP contribution in [0.2, 0.25) is 0 Å². The molecule has 0 bridgehead atoms.